The third-order valence-electron chi connectivity index (χ3n) is 3.37. The summed E-state index contributed by atoms with van der Waals surface area (Å²) in [6, 6.07) is 0. The van der Waals surface area contributed by atoms with Gasteiger partial charge in [-0.3, -0.25) is 0 Å². The molecule has 0 aromatic rings. The number of nitrogens with zero attached hydrogens (tertiary/aromatic N) is 1. The van der Waals surface area contributed by atoms with Gasteiger partial charge in [-0.05, 0) is 38.8 Å². The van der Waals surface area contributed by atoms with E-state index < -0.39 is 0 Å². The van der Waals surface area contributed by atoms with Crippen molar-refractivity contribution in [1.82, 2.24) is 4.90 Å². The van der Waals surface area contributed by atoms with E-state index in [-0.39, 0.29) is 0 Å². The molecule has 2 rings (SSSR count). The lowest BCUT2D eigenvalue weighted by Crippen LogP contribution is -2.36. The highest BCUT2D eigenvalue weighted by Gasteiger charge is 2.26. The third kappa shape index (κ3) is 2.69. The first-order chi connectivity index (χ1) is 6.88. The van der Waals surface area contributed by atoms with Crippen LogP contribution in [0.15, 0.2) is 0 Å². The highest BCUT2D eigenvalue weighted by atomic mass is 16.5. The second kappa shape index (κ2) is 5.10. The molecule has 0 spiro atoms. The number of ether oxygens (including phenoxy) is 1. The molecule has 2 heterocycles. The molecule has 0 amide bonds. The minimum Gasteiger partial charge on any atom is -0.372 e. The van der Waals surface area contributed by atoms with Gasteiger partial charge in [0.15, 0.2) is 0 Å². The minimum atomic E-state index is 0.338. The molecule has 0 radical (unpaired) electrons. The summed E-state index contributed by atoms with van der Waals surface area (Å²) in [6.07, 6.45) is 7.31. The average molecular weight is 198 g/mol. The van der Waals surface area contributed by atoms with Gasteiger partial charge in [-0.25, -0.2) is 0 Å². The molecule has 2 saturated heterocycles. The van der Waals surface area contributed by atoms with Gasteiger partial charge in [0, 0.05) is 13.1 Å². The molecular formula is C11H22N2O. The van der Waals surface area contributed by atoms with Crippen LogP contribution in [0.3, 0.4) is 0 Å². The van der Waals surface area contributed by atoms with E-state index in [2.05, 4.69) is 4.90 Å². The van der Waals surface area contributed by atoms with Gasteiger partial charge in [0.2, 0.25) is 0 Å². The van der Waals surface area contributed by atoms with E-state index in [0.717, 1.165) is 13.0 Å². The zero-order valence-electron chi connectivity index (χ0n) is 8.95. The summed E-state index contributed by atoms with van der Waals surface area (Å²) in [4.78, 5) is 2.55. The average Bonchev–Trinajstić information content (AvgIpc) is 2.67. The largest absolute Gasteiger partial charge is 0.372 e. The van der Waals surface area contributed by atoms with Crippen LogP contribution in [0.4, 0.5) is 0 Å². The standard InChI is InChI=1S/C11H22N2O/c12-8-10-4-5-11(14-10)9-13-6-2-1-3-7-13/h10-11H,1-9,12H2. The first-order valence-electron chi connectivity index (χ1n) is 5.96. The lowest BCUT2D eigenvalue weighted by Gasteiger charge is -2.28. The van der Waals surface area contributed by atoms with Gasteiger partial charge in [-0.1, -0.05) is 6.42 Å². The lowest BCUT2D eigenvalue weighted by atomic mass is 10.1. The van der Waals surface area contributed by atoms with Crippen molar-refractivity contribution in [2.75, 3.05) is 26.2 Å². The summed E-state index contributed by atoms with van der Waals surface area (Å²) in [7, 11) is 0. The highest BCUT2D eigenvalue weighted by molar-refractivity contribution is 4.78. The van der Waals surface area contributed by atoms with E-state index in [1.807, 2.05) is 0 Å². The van der Waals surface area contributed by atoms with Gasteiger partial charge in [0.1, 0.15) is 0 Å². The smallest absolute Gasteiger partial charge is 0.0707 e. The maximum Gasteiger partial charge on any atom is 0.0707 e. The number of likely N-dealkylation sites (tertiary alicyclic amines) is 1. The van der Waals surface area contributed by atoms with Crippen molar-refractivity contribution in [3.63, 3.8) is 0 Å². The van der Waals surface area contributed by atoms with Gasteiger partial charge < -0.3 is 15.4 Å². The zero-order chi connectivity index (χ0) is 9.80. The van der Waals surface area contributed by atoms with E-state index in [1.165, 1.54) is 38.8 Å². The fourth-order valence-electron chi connectivity index (χ4n) is 2.52. The second-order valence-electron chi connectivity index (χ2n) is 4.55. The Morgan fingerprint density at radius 2 is 1.79 bits per heavy atom. The van der Waals surface area contributed by atoms with Crippen LogP contribution in [-0.4, -0.2) is 43.3 Å². The van der Waals surface area contributed by atoms with Gasteiger partial charge in [0.25, 0.3) is 0 Å². The molecule has 3 heteroatoms. The van der Waals surface area contributed by atoms with Crippen LogP contribution in [0.1, 0.15) is 32.1 Å². The van der Waals surface area contributed by atoms with Gasteiger partial charge in [-0.15, -0.1) is 0 Å². The molecule has 0 aromatic carbocycles. The molecule has 82 valence electrons. The Balaban J connectivity index is 1.69. The van der Waals surface area contributed by atoms with Crippen LogP contribution in [0.5, 0.6) is 0 Å². The molecule has 2 fully saturated rings. The summed E-state index contributed by atoms with van der Waals surface area (Å²) < 4.78 is 5.85. The predicted molar refractivity (Wildman–Crippen MR) is 57.2 cm³/mol. The Morgan fingerprint density at radius 3 is 2.43 bits per heavy atom. The van der Waals surface area contributed by atoms with Gasteiger partial charge >= 0.3 is 0 Å². The maximum atomic E-state index is 5.85. The molecular weight excluding hydrogens is 176 g/mol. The summed E-state index contributed by atoms with van der Waals surface area (Å²) in [5.74, 6) is 0. The van der Waals surface area contributed by atoms with E-state index in [0.29, 0.717) is 18.8 Å². The topological polar surface area (TPSA) is 38.5 Å². The van der Waals surface area contributed by atoms with E-state index >= 15 is 0 Å². The van der Waals surface area contributed by atoms with Crippen molar-refractivity contribution < 1.29 is 4.74 Å². The Bertz CT molecular complexity index is 169. The monoisotopic (exact) mass is 198 g/mol. The predicted octanol–water partition coefficient (Wildman–Crippen LogP) is 0.979. The molecule has 14 heavy (non-hydrogen) atoms. The van der Waals surface area contributed by atoms with E-state index in [9.17, 15) is 0 Å². The van der Waals surface area contributed by atoms with Crippen molar-refractivity contribution >= 4 is 0 Å². The molecule has 0 saturated carbocycles. The fraction of sp³-hybridized carbons (Fsp3) is 1.00. The minimum absolute atomic E-state index is 0.338. The van der Waals surface area contributed by atoms with E-state index in [1.54, 1.807) is 0 Å². The molecule has 2 aliphatic rings. The van der Waals surface area contributed by atoms with Crippen LogP contribution >= 0.6 is 0 Å². The Kier molecular flexibility index (Phi) is 3.79. The number of hydrogen-bond acceptors (Lipinski definition) is 3. The number of hydrogen-bond donors (Lipinski definition) is 1. The van der Waals surface area contributed by atoms with Gasteiger partial charge in [0.05, 0.1) is 12.2 Å². The van der Waals surface area contributed by atoms with Crippen molar-refractivity contribution in [2.24, 2.45) is 5.73 Å². The van der Waals surface area contributed by atoms with Crippen molar-refractivity contribution in [2.45, 2.75) is 44.3 Å². The summed E-state index contributed by atoms with van der Waals surface area (Å²) in [5, 5.41) is 0. The molecule has 2 atom stereocenters. The molecule has 3 nitrogen and oxygen atoms in total. The maximum absolute atomic E-state index is 5.85. The van der Waals surface area contributed by atoms with Crippen LogP contribution < -0.4 is 5.73 Å². The Hall–Kier alpha value is -0.120. The van der Waals surface area contributed by atoms with Crippen molar-refractivity contribution in [3.8, 4) is 0 Å². The van der Waals surface area contributed by atoms with Crippen LogP contribution in [-0.2, 0) is 4.74 Å². The SMILES string of the molecule is NCC1CCC(CN2CCCCC2)O1. The Labute approximate surface area is 86.6 Å². The lowest BCUT2D eigenvalue weighted by molar-refractivity contribution is 0.0235. The Morgan fingerprint density at radius 1 is 1.07 bits per heavy atom. The fourth-order valence-corrected chi connectivity index (χ4v) is 2.52. The van der Waals surface area contributed by atoms with Crippen LogP contribution in [0.25, 0.3) is 0 Å². The number of rotatable bonds is 3. The van der Waals surface area contributed by atoms with Gasteiger partial charge in [-0.2, -0.15) is 0 Å². The first kappa shape index (κ1) is 10.4. The quantitative estimate of drug-likeness (QED) is 0.734. The van der Waals surface area contributed by atoms with Crippen LogP contribution in [0, 0.1) is 0 Å². The zero-order valence-corrected chi connectivity index (χ0v) is 8.95. The molecule has 0 bridgehead atoms. The first-order valence-corrected chi connectivity index (χ1v) is 5.96. The summed E-state index contributed by atoms with van der Waals surface area (Å²) >= 11 is 0. The second-order valence-corrected chi connectivity index (χ2v) is 4.55. The van der Waals surface area contributed by atoms with Crippen molar-refractivity contribution in [1.29, 1.82) is 0 Å². The molecule has 2 aliphatic heterocycles. The molecule has 2 unspecified atom stereocenters. The summed E-state index contributed by atoms with van der Waals surface area (Å²) in [6.45, 7) is 4.37. The number of piperidine rings is 1. The highest BCUT2D eigenvalue weighted by Crippen LogP contribution is 2.21. The molecule has 0 aliphatic carbocycles. The molecule has 0 aromatic heterocycles. The third-order valence-corrected chi connectivity index (χ3v) is 3.37. The summed E-state index contributed by atoms with van der Waals surface area (Å²) in [5.41, 5.74) is 5.59. The van der Waals surface area contributed by atoms with Crippen molar-refractivity contribution in [3.05, 3.63) is 0 Å². The van der Waals surface area contributed by atoms with E-state index in [4.69, 9.17) is 10.5 Å². The normalized spacial score (nSPS) is 34.9. The number of nitrogens with two attached hydrogens (primary N) is 1. The van der Waals surface area contributed by atoms with Crippen LogP contribution in [0.2, 0.25) is 0 Å². The molecule has 2 N–H and O–H groups in total.